The molecule has 3 rings (SSSR count). The molecule has 2 aromatic carbocycles. The maximum absolute atomic E-state index is 12.5. The quantitative estimate of drug-likeness (QED) is 0.574. The lowest BCUT2D eigenvalue weighted by Crippen LogP contribution is -2.43. The molecule has 0 saturated carbocycles. The summed E-state index contributed by atoms with van der Waals surface area (Å²) in [5.41, 5.74) is 2.65. The number of ether oxygens (including phenoxy) is 2. The van der Waals surface area contributed by atoms with Gasteiger partial charge in [0.2, 0.25) is 0 Å². The molecule has 7 nitrogen and oxygen atoms in total. The zero-order valence-corrected chi connectivity index (χ0v) is 16.3. The fourth-order valence-electron chi connectivity index (χ4n) is 2.99. The number of carboxylic acids is 1. The zero-order valence-electron chi connectivity index (χ0n) is 16.3. The van der Waals surface area contributed by atoms with E-state index in [2.05, 4.69) is 5.32 Å². The first-order valence-electron chi connectivity index (χ1n) is 9.27. The molecular formula is C22H23NO6. The van der Waals surface area contributed by atoms with E-state index < -0.39 is 17.9 Å². The number of nitrogens with one attached hydrogen (secondary N) is 1. The second-order valence-electron chi connectivity index (χ2n) is 6.52. The number of furan rings is 1. The summed E-state index contributed by atoms with van der Waals surface area (Å²) >= 11 is 0. The van der Waals surface area contributed by atoms with Crippen LogP contribution in [-0.4, -0.2) is 36.7 Å². The van der Waals surface area contributed by atoms with Crippen molar-refractivity contribution in [3.63, 3.8) is 0 Å². The van der Waals surface area contributed by atoms with Gasteiger partial charge < -0.3 is 24.3 Å². The summed E-state index contributed by atoms with van der Waals surface area (Å²) in [6, 6.07) is 13.3. The van der Waals surface area contributed by atoms with Crippen molar-refractivity contribution < 1.29 is 28.6 Å². The van der Waals surface area contributed by atoms with Crippen molar-refractivity contribution in [2.24, 2.45) is 0 Å². The first kappa shape index (κ1) is 20.4. The number of aryl methyl sites for hydroxylation is 1. The van der Waals surface area contributed by atoms with Gasteiger partial charge in [0.25, 0.3) is 5.91 Å². The van der Waals surface area contributed by atoms with Crippen molar-refractivity contribution in [1.29, 1.82) is 0 Å². The van der Waals surface area contributed by atoms with Gasteiger partial charge in [0.15, 0.2) is 11.8 Å². The molecule has 0 bridgehead atoms. The number of hydrogen-bond donors (Lipinski definition) is 2. The summed E-state index contributed by atoms with van der Waals surface area (Å²) in [5, 5.41) is 12.6. The van der Waals surface area contributed by atoms with E-state index >= 15 is 0 Å². The highest BCUT2D eigenvalue weighted by atomic mass is 16.5. The number of carboxylic acid groups (broad SMARTS) is 1. The molecule has 7 heteroatoms. The van der Waals surface area contributed by atoms with Crippen LogP contribution in [0.4, 0.5) is 0 Å². The third-order valence-electron chi connectivity index (χ3n) is 4.59. The molecule has 2 N–H and O–H groups in total. The maximum atomic E-state index is 12.5. The summed E-state index contributed by atoms with van der Waals surface area (Å²) in [5.74, 6) is -1.14. The van der Waals surface area contributed by atoms with Crippen LogP contribution in [0, 0.1) is 0 Å². The molecule has 1 amide bonds. The Balaban J connectivity index is 1.64. The highest BCUT2D eigenvalue weighted by Crippen LogP contribution is 2.24. The summed E-state index contributed by atoms with van der Waals surface area (Å²) in [6.45, 7) is 2.16. The molecule has 0 saturated heterocycles. The van der Waals surface area contributed by atoms with Crippen molar-refractivity contribution in [3.8, 4) is 5.75 Å². The molecule has 0 fully saturated rings. The summed E-state index contributed by atoms with van der Waals surface area (Å²) in [4.78, 5) is 24.0. The van der Waals surface area contributed by atoms with Crippen LogP contribution in [0.2, 0.25) is 0 Å². The molecular weight excluding hydrogens is 374 g/mol. The monoisotopic (exact) mass is 397 g/mol. The van der Waals surface area contributed by atoms with Crippen LogP contribution in [0.1, 0.15) is 28.6 Å². The molecule has 0 aliphatic heterocycles. The largest absolute Gasteiger partial charge is 0.497 e. The van der Waals surface area contributed by atoms with Gasteiger partial charge >= 0.3 is 5.97 Å². The summed E-state index contributed by atoms with van der Waals surface area (Å²) in [7, 11) is 1.55. The minimum Gasteiger partial charge on any atom is -0.497 e. The van der Waals surface area contributed by atoms with Crippen LogP contribution in [0.3, 0.4) is 0 Å². The fourth-order valence-corrected chi connectivity index (χ4v) is 2.99. The lowest BCUT2D eigenvalue weighted by Gasteiger charge is -2.15. The van der Waals surface area contributed by atoms with E-state index in [9.17, 15) is 14.7 Å². The van der Waals surface area contributed by atoms with Gasteiger partial charge in [0.05, 0.1) is 20.3 Å². The first-order chi connectivity index (χ1) is 14.0. The van der Waals surface area contributed by atoms with E-state index in [0.717, 1.165) is 17.5 Å². The molecule has 0 spiro atoms. The topological polar surface area (TPSA) is 98.0 Å². The van der Waals surface area contributed by atoms with Gasteiger partial charge in [-0.2, -0.15) is 0 Å². The van der Waals surface area contributed by atoms with Gasteiger partial charge in [-0.05, 0) is 41.8 Å². The third kappa shape index (κ3) is 4.94. The number of amides is 1. The smallest absolute Gasteiger partial charge is 0.328 e. The Labute approximate surface area is 168 Å². The number of hydrogen-bond acceptors (Lipinski definition) is 5. The Hall–Kier alpha value is -3.32. The minimum absolute atomic E-state index is 0.0239. The first-order valence-corrected chi connectivity index (χ1v) is 9.27. The van der Waals surface area contributed by atoms with E-state index in [1.165, 1.54) is 0 Å². The number of rotatable bonds is 9. The fraction of sp³-hybridized carbons (Fsp3) is 0.273. The van der Waals surface area contributed by atoms with E-state index in [1.54, 1.807) is 31.4 Å². The van der Waals surface area contributed by atoms with E-state index in [1.807, 2.05) is 31.2 Å². The molecule has 1 unspecified atom stereocenters. The maximum Gasteiger partial charge on any atom is 0.328 e. The number of carbonyl (C=O) groups excluding carboxylic acids is 1. The molecule has 152 valence electrons. The average molecular weight is 397 g/mol. The van der Waals surface area contributed by atoms with Crippen LogP contribution in [0.15, 0.2) is 52.9 Å². The second-order valence-corrected chi connectivity index (χ2v) is 6.52. The lowest BCUT2D eigenvalue weighted by atomic mass is 10.1. The van der Waals surface area contributed by atoms with Crippen LogP contribution in [-0.2, 0) is 22.6 Å². The Morgan fingerprint density at radius 1 is 1.14 bits per heavy atom. The predicted molar refractivity (Wildman–Crippen MR) is 107 cm³/mol. The minimum atomic E-state index is -1.20. The van der Waals surface area contributed by atoms with Crippen molar-refractivity contribution in [1.82, 2.24) is 5.32 Å². The Morgan fingerprint density at radius 3 is 2.59 bits per heavy atom. The SMILES string of the molecule is CCc1ccccc1COCC(NC(=O)c1cc2cc(OC)ccc2o1)C(=O)O. The average Bonchev–Trinajstić information content (AvgIpc) is 3.16. The number of fused-ring (bicyclic) bond motifs is 1. The van der Waals surface area contributed by atoms with Crippen LogP contribution in [0.25, 0.3) is 11.0 Å². The Morgan fingerprint density at radius 2 is 1.90 bits per heavy atom. The molecule has 0 radical (unpaired) electrons. The molecule has 1 aromatic heterocycles. The van der Waals surface area contributed by atoms with Gasteiger partial charge in [0, 0.05) is 5.39 Å². The van der Waals surface area contributed by atoms with Crippen molar-refractivity contribution in [3.05, 3.63) is 65.4 Å². The van der Waals surface area contributed by atoms with E-state index in [0.29, 0.717) is 16.7 Å². The highest BCUT2D eigenvalue weighted by molar-refractivity contribution is 5.98. The Bertz CT molecular complexity index is 1010. The van der Waals surface area contributed by atoms with Crippen LogP contribution >= 0.6 is 0 Å². The summed E-state index contributed by atoms with van der Waals surface area (Å²) in [6.07, 6.45) is 0.857. The number of methoxy groups -OCH3 is 1. The molecule has 1 heterocycles. The highest BCUT2D eigenvalue weighted by Gasteiger charge is 2.23. The number of aliphatic carboxylic acids is 1. The van der Waals surface area contributed by atoms with Crippen molar-refractivity contribution in [2.45, 2.75) is 26.0 Å². The molecule has 0 aliphatic carbocycles. The molecule has 0 aliphatic rings. The van der Waals surface area contributed by atoms with Gasteiger partial charge in [-0.3, -0.25) is 4.79 Å². The second kappa shape index (κ2) is 9.25. The van der Waals surface area contributed by atoms with Gasteiger partial charge in [-0.1, -0.05) is 31.2 Å². The van der Waals surface area contributed by atoms with Gasteiger partial charge in [-0.25, -0.2) is 4.79 Å². The Kier molecular flexibility index (Phi) is 6.51. The number of benzene rings is 2. The third-order valence-corrected chi connectivity index (χ3v) is 4.59. The molecule has 1 atom stereocenters. The van der Waals surface area contributed by atoms with Gasteiger partial charge in [-0.15, -0.1) is 0 Å². The standard InChI is InChI=1S/C22H23NO6/c1-3-14-6-4-5-7-15(14)12-28-13-18(22(25)26)23-21(24)20-11-16-10-17(27-2)8-9-19(16)29-20/h4-11,18H,3,12-13H2,1-2H3,(H,23,24)(H,25,26). The zero-order chi connectivity index (χ0) is 20.8. The van der Waals surface area contributed by atoms with E-state index in [4.69, 9.17) is 13.9 Å². The predicted octanol–water partition coefficient (Wildman–Crippen LogP) is 3.40. The summed E-state index contributed by atoms with van der Waals surface area (Å²) < 4.78 is 16.2. The normalized spacial score (nSPS) is 11.9. The van der Waals surface area contributed by atoms with Crippen LogP contribution in [0.5, 0.6) is 5.75 Å². The molecule has 3 aromatic rings. The van der Waals surface area contributed by atoms with Crippen molar-refractivity contribution >= 4 is 22.8 Å². The van der Waals surface area contributed by atoms with Crippen molar-refractivity contribution in [2.75, 3.05) is 13.7 Å². The van der Waals surface area contributed by atoms with E-state index in [-0.39, 0.29) is 19.0 Å². The van der Waals surface area contributed by atoms with Crippen LogP contribution < -0.4 is 10.1 Å². The molecule has 29 heavy (non-hydrogen) atoms. The van der Waals surface area contributed by atoms with Gasteiger partial charge in [0.1, 0.15) is 11.3 Å². The number of carbonyl (C=O) groups is 2. The lowest BCUT2D eigenvalue weighted by molar-refractivity contribution is -0.141.